The molecule has 6 heteroatoms. The Morgan fingerprint density at radius 2 is 1.91 bits per heavy atom. The third-order valence-electron chi connectivity index (χ3n) is 4.79. The number of amides is 1. The van der Waals surface area contributed by atoms with Gasteiger partial charge in [0.15, 0.2) is 0 Å². The molecule has 1 amide bonds. The summed E-state index contributed by atoms with van der Waals surface area (Å²) in [5.74, 6) is 4.08. The molecule has 2 fully saturated rings. The summed E-state index contributed by atoms with van der Waals surface area (Å²) in [6.07, 6.45) is 4.69. The van der Waals surface area contributed by atoms with E-state index in [9.17, 15) is 4.79 Å². The van der Waals surface area contributed by atoms with E-state index >= 15 is 0 Å². The van der Waals surface area contributed by atoms with Crippen LogP contribution in [0.25, 0.3) is 0 Å². The standard InChI is InChI=1S/C17H26N4OS/c1-13-12-18-14(2)17(19-13)21-5-3-15(4-6-21)11-16(22)20-7-9-23-10-8-20/h12,15H,3-11H2,1-2H3. The Balaban J connectivity index is 1.52. The normalized spacial score (nSPS) is 19.9. The Kier molecular flexibility index (Phi) is 5.41. The molecule has 1 aromatic heterocycles. The Morgan fingerprint density at radius 1 is 1.22 bits per heavy atom. The Morgan fingerprint density at radius 3 is 2.61 bits per heavy atom. The van der Waals surface area contributed by atoms with Crippen molar-refractivity contribution in [3.63, 3.8) is 0 Å². The van der Waals surface area contributed by atoms with Crippen LogP contribution in [0.5, 0.6) is 0 Å². The highest BCUT2D eigenvalue weighted by molar-refractivity contribution is 7.99. The average molecular weight is 334 g/mol. The molecule has 0 N–H and O–H groups in total. The van der Waals surface area contributed by atoms with Crippen molar-refractivity contribution >= 4 is 23.5 Å². The van der Waals surface area contributed by atoms with Crippen LogP contribution in [-0.4, -0.2) is 58.5 Å². The molecule has 0 unspecified atom stereocenters. The number of hydrogen-bond acceptors (Lipinski definition) is 5. The number of aromatic nitrogens is 2. The lowest BCUT2D eigenvalue weighted by atomic mass is 9.93. The number of nitrogens with zero attached hydrogens (tertiary/aromatic N) is 4. The molecule has 2 aliphatic rings. The van der Waals surface area contributed by atoms with E-state index in [1.165, 1.54) is 0 Å². The minimum Gasteiger partial charge on any atom is -0.355 e. The zero-order valence-corrected chi connectivity index (χ0v) is 14.9. The first-order chi connectivity index (χ1) is 11.1. The minimum absolute atomic E-state index is 0.357. The summed E-state index contributed by atoms with van der Waals surface area (Å²) in [5.41, 5.74) is 1.96. The van der Waals surface area contributed by atoms with Gasteiger partial charge in [-0.3, -0.25) is 9.78 Å². The number of piperidine rings is 1. The molecule has 0 aliphatic carbocycles. The van der Waals surface area contributed by atoms with Gasteiger partial charge < -0.3 is 9.80 Å². The molecule has 0 spiro atoms. The van der Waals surface area contributed by atoms with Crippen LogP contribution in [0.2, 0.25) is 0 Å². The minimum atomic E-state index is 0.357. The van der Waals surface area contributed by atoms with Crippen molar-refractivity contribution in [2.24, 2.45) is 5.92 Å². The molecular formula is C17H26N4OS. The van der Waals surface area contributed by atoms with Gasteiger partial charge in [-0.15, -0.1) is 0 Å². The lowest BCUT2D eigenvalue weighted by molar-refractivity contribution is -0.132. The van der Waals surface area contributed by atoms with Gasteiger partial charge in [-0.1, -0.05) is 0 Å². The quantitative estimate of drug-likeness (QED) is 0.849. The van der Waals surface area contributed by atoms with E-state index in [1.807, 2.05) is 31.8 Å². The number of hydrogen-bond donors (Lipinski definition) is 0. The maximum atomic E-state index is 12.4. The van der Waals surface area contributed by atoms with E-state index in [0.717, 1.165) is 74.2 Å². The second-order valence-corrected chi connectivity index (χ2v) is 7.77. The third kappa shape index (κ3) is 4.16. The first-order valence-electron chi connectivity index (χ1n) is 8.54. The van der Waals surface area contributed by atoms with Crippen LogP contribution in [0.1, 0.15) is 30.7 Å². The van der Waals surface area contributed by atoms with Crippen molar-refractivity contribution in [3.05, 3.63) is 17.6 Å². The molecule has 2 saturated heterocycles. The van der Waals surface area contributed by atoms with E-state index < -0.39 is 0 Å². The highest BCUT2D eigenvalue weighted by atomic mass is 32.2. The summed E-state index contributed by atoms with van der Waals surface area (Å²) in [6, 6.07) is 0. The van der Waals surface area contributed by atoms with Gasteiger partial charge in [-0.25, -0.2) is 4.98 Å². The monoisotopic (exact) mass is 334 g/mol. The lowest BCUT2D eigenvalue weighted by Gasteiger charge is -2.34. The topological polar surface area (TPSA) is 49.3 Å². The van der Waals surface area contributed by atoms with Gasteiger partial charge in [0.2, 0.25) is 5.91 Å². The van der Waals surface area contributed by atoms with Gasteiger partial charge in [-0.2, -0.15) is 11.8 Å². The Labute approximate surface area is 142 Å². The van der Waals surface area contributed by atoms with Gasteiger partial charge in [0.05, 0.1) is 11.4 Å². The zero-order valence-electron chi connectivity index (χ0n) is 14.1. The number of anilines is 1. The second-order valence-electron chi connectivity index (χ2n) is 6.55. The molecule has 23 heavy (non-hydrogen) atoms. The number of aryl methyl sites for hydroxylation is 2. The van der Waals surface area contributed by atoms with E-state index in [-0.39, 0.29) is 0 Å². The average Bonchev–Trinajstić information content (AvgIpc) is 2.58. The predicted molar refractivity (Wildman–Crippen MR) is 95.0 cm³/mol. The fourth-order valence-corrected chi connectivity index (χ4v) is 4.27. The van der Waals surface area contributed by atoms with Gasteiger partial charge >= 0.3 is 0 Å². The molecule has 0 radical (unpaired) electrons. The summed E-state index contributed by atoms with van der Waals surface area (Å²) in [6.45, 7) is 7.82. The summed E-state index contributed by atoms with van der Waals surface area (Å²) >= 11 is 1.95. The number of rotatable bonds is 3. The van der Waals surface area contributed by atoms with Crippen LogP contribution in [0.3, 0.4) is 0 Å². The van der Waals surface area contributed by atoms with Gasteiger partial charge in [-0.05, 0) is 32.6 Å². The molecule has 0 atom stereocenters. The smallest absolute Gasteiger partial charge is 0.222 e. The third-order valence-corrected chi connectivity index (χ3v) is 5.73. The van der Waals surface area contributed by atoms with Crippen LogP contribution >= 0.6 is 11.8 Å². The molecule has 0 aromatic carbocycles. The van der Waals surface area contributed by atoms with Crippen molar-refractivity contribution in [2.45, 2.75) is 33.1 Å². The Hall–Kier alpha value is -1.30. The maximum absolute atomic E-state index is 12.4. The highest BCUT2D eigenvalue weighted by Crippen LogP contribution is 2.26. The maximum Gasteiger partial charge on any atom is 0.222 e. The SMILES string of the molecule is Cc1cnc(C)c(N2CCC(CC(=O)N3CCSCC3)CC2)n1. The van der Waals surface area contributed by atoms with Crippen LogP contribution in [-0.2, 0) is 4.79 Å². The van der Waals surface area contributed by atoms with Crippen molar-refractivity contribution in [1.29, 1.82) is 0 Å². The van der Waals surface area contributed by atoms with Crippen LogP contribution in [0, 0.1) is 19.8 Å². The zero-order chi connectivity index (χ0) is 16.2. The van der Waals surface area contributed by atoms with Crippen molar-refractivity contribution in [2.75, 3.05) is 42.6 Å². The highest BCUT2D eigenvalue weighted by Gasteiger charge is 2.26. The van der Waals surface area contributed by atoms with Gasteiger partial charge in [0, 0.05) is 50.3 Å². The van der Waals surface area contributed by atoms with Crippen molar-refractivity contribution in [3.8, 4) is 0 Å². The summed E-state index contributed by atoms with van der Waals surface area (Å²) < 4.78 is 0. The van der Waals surface area contributed by atoms with Gasteiger partial charge in [0.25, 0.3) is 0 Å². The predicted octanol–water partition coefficient (Wildman–Crippen LogP) is 2.28. The molecule has 126 valence electrons. The van der Waals surface area contributed by atoms with Crippen LogP contribution < -0.4 is 4.90 Å². The number of thioether (sulfide) groups is 1. The number of carbonyl (C=O) groups excluding carboxylic acids is 1. The lowest BCUT2D eigenvalue weighted by Crippen LogP contribution is -2.41. The van der Waals surface area contributed by atoms with Crippen LogP contribution in [0.4, 0.5) is 5.82 Å². The molecule has 0 saturated carbocycles. The van der Waals surface area contributed by atoms with Crippen molar-refractivity contribution < 1.29 is 4.79 Å². The van der Waals surface area contributed by atoms with E-state index in [1.54, 1.807) is 0 Å². The second kappa shape index (κ2) is 7.51. The fourth-order valence-electron chi connectivity index (χ4n) is 3.36. The molecular weight excluding hydrogens is 308 g/mol. The molecule has 1 aromatic rings. The summed E-state index contributed by atoms with van der Waals surface area (Å²) in [4.78, 5) is 25.8. The molecule has 2 aliphatic heterocycles. The van der Waals surface area contributed by atoms with Crippen molar-refractivity contribution in [1.82, 2.24) is 14.9 Å². The fraction of sp³-hybridized carbons (Fsp3) is 0.706. The summed E-state index contributed by atoms with van der Waals surface area (Å²) in [7, 11) is 0. The van der Waals surface area contributed by atoms with E-state index in [2.05, 4.69) is 19.8 Å². The summed E-state index contributed by atoms with van der Waals surface area (Å²) in [5, 5.41) is 0. The number of carbonyl (C=O) groups is 1. The largest absolute Gasteiger partial charge is 0.355 e. The molecule has 5 nitrogen and oxygen atoms in total. The molecule has 3 heterocycles. The van der Waals surface area contributed by atoms with E-state index in [0.29, 0.717) is 11.8 Å². The molecule has 3 rings (SSSR count). The Bertz CT molecular complexity index is 552. The first kappa shape index (κ1) is 16.6. The van der Waals surface area contributed by atoms with Gasteiger partial charge in [0.1, 0.15) is 5.82 Å². The molecule has 0 bridgehead atoms. The van der Waals surface area contributed by atoms with E-state index in [4.69, 9.17) is 0 Å². The van der Waals surface area contributed by atoms with Crippen LogP contribution in [0.15, 0.2) is 6.20 Å². The first-order valence-corrected chi connectivity index (χ1v) is 9.69.